The monoisotopic (exact) mass is 252 g/mol. The highest BCUT2D eigenvalue weighted by Crippen LogP contribution is 2.47. The van der Waals surface area contributed by atoms with Crippen molar-refractivity contribution in [2.45, 2.75) is 78.8 Å². The van der Waals surface area contributed by atoms with E-state index < -0.39 is 0 Å². The Morgan fingerprint density at radius 3 is 2.44 bits per heavy atom. The molecule has 2 rings (SSSR count). The van der Waals surface area contributed by atoms with Crippen molar-refractivity contribution in [1.82, 2.24) is 0 Å². The molecule has 1 saturated heterocycles. The van der Waals surface area contributed by atoms with Gasteiger partial charge in [-0.25, -0.2) is 0 Å². The van der Waals surface area contributed by atoms with Gasteiger partial charge in [-0.15, -0.1) is 0 Å². The molecule has 18 heavy (non-hydrogen) atoms. The fourth-order valence-electron chi connectivity index (χ4n) is 3.33. The molecule has 1 heterocycles. The number of ether oxygens (including phenoxy) is 2. The van der Waals surface area contributed by atoms with Gasteiger partial charge in [-0.3, -0.25) is 0 Å². The summed E-state index contributed by atoms with van der Waals surface area (Å²) in [5.41, 5.74) is 1.54. The van der Waals surface area contributed by atoms with Crippen molar-refractivity contribution >= 4 is 0 Å². The number of hydrogen-bond donors (Lipinski definition) is 0. The Kier molecular flexibility index (Phi) is 3.63. The standard InChI is InChI=1S/C16H28O2/c1-11-7-8-16(6,12(2)9-11)14-17-13(3)10-15(4,5)18-14/h9,12-14H,7-8,10H2,1-6H3. The minimum Gasteiger partial charge on any atom is -0.349 e. The van der Waals surface area contributed by atoms with E-state index >= 15 is 0 Å². The molecule has 0 aromatic rings. The number of rotatable bonds is 1. The molecule has 2 heteroatoms. The minimum absolute atomic E-state index is 0.0682. The highest BCUT2D eigenvalue weighted by molar-refractivity contribution is 5.11. The summed E-state index contributed by atoms with van der Waals surface area (Å²) in [5, 5.41) is 0. The van der Waals surface area contributed by atoms with Crippen molar-refractivity contribution < 1.29 is 9.47 Å². The molecule has 2 nitrogen and oxygen atoms in total. The summed E-state index contributed by atoms with van der Waals surface area (Å²) in [6, 6.07) is 0. The van der Waals surface area contributed by atoms with Gasteiger partial charge in [0.2, 0.25) is 0 Å². The zero-order chi connectivity index (χ0) is 13.6. The summed E-state index contributed by atoms with van der Waals surface area (Å²) < 4.78 is 12.4. The summed E-state index contributed by atoms with van der Waals surface area (Å²) >= 11 is 0. The van der Waals surface area contributed by atoms with Gasteiger partial charge in [0.1, 0.15) is 0 Å². The second-order valence-corrected chi connectivity index (χ2v) is 7.17. The van der Waals surface area contributed by atoms with E-state index in [4.69, 9.17) is 9.47 Å². The van der Waals surface area contributed by atoms with E-state index in [2.05, 4.69) is 47.6 Å². The summed E-state index contributed by atoms with van der Waals surface area (Å²) in [6.45, 7) is 13.4. The topological polar surface area (TPSA) is 18.5 Å². The third-order valence-electron chi connectivity index (χ3n) is 4.73. The average molecular weight is 252 g/mol. The third kappa shape index (κ3) is 2.65. The lowest BCUT2D eigenvalue weighted by molar-refractivity contribution is -0.314. The molecule has 1 aliphatic carbocycles. The largest absolute Gasteiger partial charge is 0.349 e. The summed E-state index contributed by atoms with van der Waals surface area (Å²) in [4.78, 5) is 0. The summed E-state index contributed by atoms with van der Waals surface area (Å²) in [5.74, 6) is 0.511. The van der Waals surface area contributed by atoms with Crippen molar-refractivity contribution in [2.24, 2.45) is 11.3 Å². The molecule has 0 amide bonds. The first-order valence-corrected chi connectivity index (χ1v) is 7.23. The van der Waals surface area contributed by atoms with Crippen molar-refractivity contribution in [2.75, 3.05) is 0 Å². The van der Waals surface area contributed by atoms with E-state index in [1.807, 2.05) is 0 Å². The van der Waals surface area contributed by atoms with Crippen molar-refractivity contribution in [1.29, 1.82) is 0 Å². The van der Waals surface area contributed by atoms with E-state index in [0.717, 1.165) is 12.8 Å². The van der Waals surface area contributed by atoms with Crippen molar-refractivity contribution in [3.05, 3.63) is 11.6 Å². The van der Waals surface area contributed by atoms with Gasteiger partial charge >= 0.3 is 0 Å². The zero-order valence-electron chi connectivity index (χ0n) is 12.7. The van der Waals surface area contributed by atoms with E-state index in [-0.39, 0.29) is 23.4 Å². The predicted molar refractivity (Wildman–Crippen MR) is 74.4 cm³/mol. The Morgan fingerprint density at radius 1 is 1.22 bits per heavy atom. The second-order valence-electron chi connectivity index (χ2n) is 7.17. The van der Waals surface area contributed by atoms with Crippen LogP contribution >= 0.6 is 0 Å². The molecule has 0 saturated carbocycles. The predicted octanol–water partition coefficient (Wildman–Crippen LogP) is 4.30. The number of hydrogen-bond acceptors (Lipinski definition) is 2. The molecular formula is C16H28O2. The SMILES string of the molecule is CC1=CC(C)C(C)(C2OC(C)CC(C)(C)O2)CC1. The molecule has 0 spiro atoms. The van der Waals surface area contributed by atoms with E-state index in [0.29, 0.717) is 5.92 Å². The third-order valence-corrected chi connectivity index (χ3v) is 4.73. The Labute approximate surface area is 112 Å². The molecular weight excluding hydrogens is 224 g/mol. The molecule has 1 fully saturated rings. The molecule has 4 atom stereocenters. The van der Waals surface area contributed by atoms with E-state index in [1.54, 1.807) is 0 Å². The van der Waals surface area contributed by atoms with Crippen LogP contribution in [0, 0.1) is 11.3 Å². The summed E-state index contributed by atoms with van der Waals surface area (Å²) in [7, 11) is 0. The van der Waals surface area contributed by atoms with Gasteiger partial charge < -0.3 is 9.47 Å². The lowest BCUT2D eigenvalue weighted by Gasteiger charge is -2.50. The summed E-state index contributed by atoms with van der Waals surface area (Å²) in [6.07, 6.45) is 5.90. The van der Waals surface area contributed by atoms with Crippen molar-refractivity contribution in [3.63, 3.8) is 0 Å². The highest BCUT2D eigenvalue weighted by atomic mass is 16.7. The molecule has 0 aromatic heterocycles. The van der Waals surface area contributed by atoms with Crippen LogP contribution in [0.4, 0.5) is 0 Å². The molecule has 0 bridgehead atoms. The first kappa shape index (κ1) is 14.1. The Hall–Kier alpha value is -0.340. The Morgan fingerprint density at radius 2 is 1.89 bits per heavy atom. The molecule has 2 aliphatic rings. The highest BCUT2D eigenvalue weighted by Gasteiger charge is 2.47. The average Bonchev–Trinajstić information content (AvgIpc) is 2.21. The first-order chi connectivity index (χ1) is 8.23. The zero-order valence-corrected chi connectivity index (χ0v) is 12.7. The fourth-order valence-corrected chi connectivity index (χ4v) is 3.33. The van der Waals surface area contributed by atoms with E-state index in [1.165, 1.54) is 12.0 Å². The van der Waals surface area contributed by atoms with Crippen LogP contribution in [0.1, 0.15) is 60.8 Å². The lowest BCUT2D eigenvalue weighted by atomic mass is 9.69. The number of allylic oxidation sites excluding steroid dienone is 2. The fraction of sp³-hybridized carbons (Fsp3) is 0.875. The van der Waals surface area contributed by atoms with Gasteiger partial charge in [-0.2, -0.15) is 0 Å². The van der Waals surface area contributed by atoms with Crippen LogP contribution in [0.2, 0.25) is 0 Å². The van der Waals surface area contributed by atoms with Crippen molar-refractivity contribution in [3.8, 4) is 0 Å². The molecule has 0 N–H and O–H groups in total. The van der Waals surface area contributed by atoms with Crippen LogP contribution in [0.15, 0.2) is 11.6 Å². The second kappa shape index (κ2) is 4.64. The smallest absolute Gasteiger partial charge is 0.164 e. The molecule has 4 unspecified atom stereocenters. The van der Waals surface area contributed by atoms with Gasteiger partial charge in [-0.05, 0) is 46.5 Å². The van der Waals surface area contributed by atoms with Gasteiger partial charge in [-0.1, -0.05) is 25.5 Å². The van der Waals surface area contributed by atoms with Crippen LogP contribution < -0.4 is 0 Å². The van der Waals surface area contributed by atoms with Gasteiger partial charge in [0.25, 0.3) is 0 Å². The maximum absolute atomic E-state index is 6.24. The molecule has 0 aromatic carbocycles. The van der Waals surface area contributed by atoms with Crippen LogP contribution in [0.5, 0.6) is 0 Å². The molecule has 0 radical (unpaired) electrons. The Bertz CT molecular complexity index is 345. The maximum Gasteiger partial charge on any atom is 0.164 e. The van der Waals surface area contributed by atoms with Gasteiger partial charge in [0.15, 0.2) is 6.29 Å². The molecule has 104 valence electrons. The maximum atomic E-state index is 6.24. The van der Waals surface area contributed by atoms with Crippen LogP contribution in [0.3, 0.4) is 0 Å². The minimum atomic E-state index is -0.0735. The Balaban J connectivity index is 2.20. The molecule has 1 aliphatic heterocycles. The van der Waals surface area contributed by atoms with E-state index in [9.17, 15) is 0 Å². The normalized spacial score (nSPS) is 44.6. The first-order valence-electron chi connectivity index (χ1n) is 7.23. The van der Waals surface area contributed by atoms with Crippen LogP contribution in [-0.4, -0.2) is 18.0 Å². The van der Waals surface area contributed by atoms with Gasteiger partial charge in [0.05, 0.1) is 11.7 Å². The van der Waals surface area contributed by atoms with Crippen LogP contribution in [-0.2, 0) is 9.47 Å². The van der Waals surface area contributed by atoms with Gasteiger partial charge in [0, 0.05) is 11.8 Å². The quantitative estimate of drug-likeness (QED) is 0.648. The van der Waals surface area contributed by atoms with Crippen LogP contribution in [0.25, 0.3) is 0 Å². The lowest BCUT2D eigenvalue weighted by Crippen LogP contribution is -2.52.